The summed E-state index contributed by atoms with van der Waals surface area (Å²) < 4.78 is 18.4. The second kappa shape index (κ2) is 5.89. The maximum atomic E-state index is 13.0. The Morgan fingerprint density at radius 2 is 2.25 bits per heavy atom. The number of amides is 1. The van der Waals surface area contributed by atoms with E-state index in [4.69, 9.17) is 4.74 Å². The third-order valence-corrected chi connectivity index (χ3v) is 4.08. The van der Waals surface area contributed by atoms with Crippen LogP contribution in [0.25, 0.3) is 0 Å². The third-order valence-electron chi connectivity index (χ3n) is 4.08. The Kier molecular flexibility index (Phi) is 4.40. The minimum atomic E-state index is -0.362. The van der Waals surface area contributed by atoms with Crippen molar-refractivity contribution in [3.63, 3.8) is 0 Å². The molecule has 1 aromatic carbocycles. The summed E-state index contributed by atoms with van der Waals surface area (Å²) in [6, 6.07) is 6.12. The van der Waals surface area contributed by atoms with Gasteiger partial charge in [-0.25, -0.2) is 4.39 Å². The van der Waals surface area contributed by atoms with Crippen LogP contribution in [0.5, 0.6) is 0 Å². The predicted octanol–water partition coefficient (Wildman–Crippen LogP) is 2.17. The molecule has 0 spiro atoms. The van der Waals surface area contributed by atoms with E-state index in [2.05, 4.69) is 24.5 Å². The van der Waals surface area contributed by atoms with Crippen LogP contribution in [0, 0.1) is 11.2 Å². The highest BCUT2D eigenvalue weighted by atomic mass is 19.1. The van der Waals surface area contributed by atoms with Crippen molar-refractivity contribution in [1.82, 2.24) is 5.32 Å². The number of halogens is 1. The molecule has 1 fully saturated rings. The Labute approximate surface area is 118 Å². The minimum Gasteiger partial charge on any atom is -0.381 e. The summed E-state index contributed by atoms with van der Waals surface area (Å²) in [5.41, 5.74) is 0.493. The van der Waals surface area contributed by atoms with Gasteiger partial charge in [-0.15, -0.1) is 0 Å². The first-order valence-corrected chi connectivity index (χ1v) is 6.75. The zero-order valence-corrected chi connectivity index (χ0v) is 12.1. The van der Waals surface area contributed by atoms with Gasteiger partial charge in [0.05, 0.1) is 12.6 Å². The van der Waals surface area contributed by atoms with Gasteiger partial charge in [0.1, 0.15) is 5.82 Å². The van der Waals surface area contributed by atoms with Crippen LogP contribution in [0.1, 0.15) is 20.3 Å². The third kappa shape index (κ3) is 3.16. The van der Waals surface area contributed by atoms with Gasteiger partial charge in [0.2, 0.25) is 5.91 Å². The number of benzene rings is 1. The van der Waals surface area contributed by atoms with E-state index in [0.717, 1.165) is 6.42 Å². The number of nitrogens with one attached hydrogen (secondary N) is 2. The lowest BCUT2D eigenvalue weighted by Gasteiger charge is -2.51. The highest BCUT2D eigenvalue weighted by Crippen LogP contribution is 2.42. The van der Waals surface area contributed by atoms with E-state index in [9.17, 15) is 9.18 Å². The van der Waals surface area contributed by atoms with E-state index in [-0.39, 0.29) is 35.8 Å². The SMILES string of the molecule is COC1CC(NCC(=O)Nc2cccc(F)c2)C1(C)C. The molecule has 1 amide bonds. The van der Waals surface area contributed by atoms with Crippen LogP contribution in [0.2, 0.25) is 0 Å². The highest BCUT2D eigenvalue weighted by Gasteiger charge is 2.48. The highest BCUT2D eigenvalue weighted by molar-refractivity contribution is 5.92. The van der Waals surface area contributed by atoms with Crippen molar-refractivity contribution in [2.45, 2.75) is 32.4 Å². The van der Waals surface area contributed by atoms with E-state index in [1.54, 1.807) is 19.2 Å². The molecule has 0 bridgehead atoms. The van der Waals surface area contributed by atoms with Crippen molar-refractivity contribution in [2.24, 2.45) is 5.41 Å². The summed E-state index contributed by atoms with van der Waals surface area (Å²) in [5.74, 6) is -0.536. The average Bonchev–Trinajstić information content (AvgIpc) is 2.37. The van der Waals surface area contributed by atoms with E-state index in [1.807, 2.05) is 0 Å². The van der Waals surface area contributed by atoms with Gasteiger partial charge in [-0.05, 0) is 24.6 Å². The molecule has 20 heavy (non-hydrogen) atoms. The smallest absolute Gasteiger partial charge is 0.238 e. The summed E-state index contributed by atoms with van der Waals surface area (Å²) in [7, 11) is 1.71. The van der Waals surface area contributed by atoms with E-state index in [1.165, 1.54) is 12.1 Å². The quantitative estimate of drug-likeness (QED) is 0.869. The van der Waals surface area contributed by atoms with Gasteiger partial charge in [0, 0.05) is 24.3 Å². The fraction of sp³-hybridized carbons (Fsp3) is 0.533. The van der Waals surface area contributed by atoms with Crippen LogP contribution in [0.4, 0.5) is 10.1 Å². The molecule has 1 aliphatic carbocycles. The van der Waals surface area contributed by atoms with Crippen LogP contribution in [0.15, 0.2) is 24.3 Å². The minimum absolute atomic E-state index is 0.0217. The first-order valence-electron chi connectivity index (χ1n) is 6.75. The molecule has 110 valence electrons. The summed E-state index contributed by atoms with van der Waals surface area (Å²) >= 11 is 0. The molecule has 0 radical (unpaired) electrons. The lowest BCUT2D eigenvalue weighted by molar-refractivity contribution is -0.119. The summed E-state index contributed by atoms with van der Waals surface area (Å²) in [6.07, 6.45) is 1.13. The average molecular weight is 280 g/mol. The molecule has 0 saturated heterocycles. The number of carbonyl (C=O) groups is 1. The topological polar surface area (TPSA) is 50.4 Å². The van der Waals surface area contributed by atoms with E-state index in [0.29, 0.717) is 5.69 Å². The monoisotopic (exact) mass is 280 g/mol. The lowest BCUT2D eigenvalue weighted by atomic mass is 9.64. The Hall–Kier alpha value is -1.46. The van der Waals surface area contributed by atoms with Crippen LogP contribution in [-0.4, -0.2) is 31.7 Å². The Morgan fingerprint density at radius 3 is 2.85 bits per heavy atom. The number of methoxy groups -OCH3 is 1. The van der Waals surface area contributed by atoms with Gasteiger partial charge in [0.25, 0.3) is 0 Å². The van der Waals surface area contributed by atoms with Crippen molar-refractivity contribution in [3.05, 3.63) is 30.1 Å². The van der Waals surface area contributed by atoms with Crippen LogP contribution in [0.3, 0.4) is 0 Å². The molecule has 0 heterocycles. The number of anilines is 1. The van der Waals surface area contributed by atoms with E-state index >= 15 is 0 Å². The molecule has 2 unspecified atom stereocenters. The maximum absolute atomic E-state index is 13.0. The molecular formula is C15H21FN2O2. The molecule has 0 aromatic heterocycles. The predicted molar refractivity (Wildman–Crippen MR) is 76.0 cm³/mol. The summed E-state index contributed by atoms with van der Waals surface area (Å²) in [5, 5.41) is 5.89. The normalized spacial score (nSPS) is 24.0. The summed E-state index contributed by atoms with van der Waals surface area (Å²) in [4.78, 5) is 11.8. The fourth-order valence-corrected chi connectivity index (χ4v) is 2.62. The molecule has 0 aliphatic heterocycles. The van der Waals surface area contributed by atoms with Gasteiger partial charge in [-0.1, -0.05) is 19.9 Å². The molecule has 1 aliphatic rings. The number of hydrogen-bond acceptors (Lipinski definition) is 3. The standard InChI is InChI=1S/C15H21FN2O2/c1-15(2)12(8-13(15)20-3)17-9-14(19)18-11-6-4-5-10(16)7-11/h4-7,12-13,17H,8-9H2,1-3H3,(H,18,19). The molecule has 2 rings (SSSR count). The second-order valence-corrected chi connectivity index (χ2v) is 5.77. The van der Waals surface area contributed by atoms with Gasteiger partial charge in [-0.3, -0.25) is 4.79 Å². The van der Waals surface area contributed by atoms with Crippen molar-refractivity contribution in [2.75, 3.05) is 19.0 Å². The zero-order valence-electron chi connectivity index (χ0n) is 12.1. The molecule has 4 nitrogen and oxygen atoms in total. The van der Waals surface area contributed by atoms with Crippen LogP contribution in [-0.2, 0) is 9.53 Å². The Balaban J connectivity index is 1.79. The Bertz CT molecular complexity index is 491. The van der Waals surface area contributed by atoms with Crippen molar-refractivity contribution < 1.29 is 13.9 Å². The fourth-order valence-electron chi connectivity index (χ4n) is 2.62. The number of carbonyl (C=O) groups excluding carboxylic acids is 1. The molecule has 2 N–H and O–H groups in total. The Morgan fingerprint density at radius 1 is 1.50 bits per heavy atom. The van der Waals surface area contributed by atoms with Gasteiger partial charge >= 0.3 is 0 Å². The zero-order chi connectivity index (χ0) is 14.8. The molecule has 1 saturated carbocycles. The largest absolute Gasteiger partial charge is 0.381 e. The maximum Gasteiger partial charge on any atom is 0.238 e. The molecule has 2 atom stereocenters. The lowest BCUT2D eigenvalue weighted by Crippen LogP contribution is -2.61. The number of rotatable bonds is 5. The van der Waals surface area contributed by atoms with Crippen LogP contribution >= 0.6 is 0 Å². The molecule has 5 heteroatoms. The second-order valence-electron chi connectivity index (χ2n) is 5.77. The first-order chi connectivity index (χ1) is 9.43. The number of ether oxygens (including phenoxy) is 1. The van der Waals surface area contributed by atoms with Crippen molar-refractivity contribution in [3.8, 4) is 0 Å². The molecular weight excluding hydrogens is 259 g/mol. The van der Waals surface area contributed by atoms with Gasteiger partial charge in [-0.2, -0.15) is 0 Å². The molecule has 1 aromatic rings. The van der Waals surface area contributed by atoms with Crippen molar-refractivity contribution in [1.29, 1.82) is 0 Å². The summed E-state index contributed by atoms with van der Waals surface area (Å²) in [6.45, 7) is 4.45. The number of hydrogen-bond donors (Lipinski definition) is 2. The van der Waals surface area contributed by atoms with Crippen LogP contribution < -0.4 is 10.6 Å². The van der Waals surface area contributed by atoms with Gasteiger partial charge < -0.3 is 15.4 Å². The van der Waals surface area contributed by atoms with E-state index < -0.39 is 0 Å². The van der Waals surface area contributed by atoms with Gasteiger partial charge in [0.15, 0.2) is 0 Å². The first kappa shape index (κ1) is 14.9. The van der Waals surface area contributed by atoms with Crippen molar-refractivity contribution >= 4 is 11.6 Å².